The van der Waals surface area contributed by atoms with E-state index in [1.807, 2.05) is 32.2 Å². The molecule has 4 aliphatic rings. The third-order valence-electron chi connectivity index (χ3n) is 10.5. The minimum Gasteiger partial charge on any atom is -0.490 e. The van der Waals surface area contributed by atoms with Gasteiger partial charge in [-0.15, -0.1) is 0 Å². The lowest BCUT2D eigenvalue weighted by atomic mass is 9.66. The molecule has 0 amide bonds. The van der Waals surface area contributed by atoms with E-state index in [2.05, 4.69) is 23.1 Å². The predicted molar refractivity (Wildman–Crippen MR) is 171 cm³/mol. The van der Waals surface area contributed by atoms with Gasteiger partial charge in [-0.25, -0.2) is 4.79 Å². The number of benzene rings is 2. The first-order valence-corrected chi connectivity index (χ1v) is 16.5. The molecule has 0 bridgehead atoms. The fraction of sp³-hybridized carbons (Fsp3) is 0.556. The highest BCUT2D eigenvalue weighted by atomic mass is 35.5. The van der Waals surface area contributed by atoms with Gasteiger partial charge in [0.1, 0.15) is 5.75 Å². The van der Waals surface area contributed by atoms with Crippen molar-refractivity contribution in [2.45, 2.75) is 69.8 Å². The number of hydrogen-bond donors (Lipinski definition) is 0. The number of halogens is 1. The number of rotatable bonds is 8. The molecule has 0 radical (unpaired) electrons. The minimum atomic E-state index is -0.351. The molecule has 2 aromatic rings. The Morgan fingerprint density at radius 2 is 1.98 bits per heavy atom. The van der Waals surface area contributed by atoms with E-state index in [4.69, 9.17) is 30.5 Å². The number of anilines is 1. The number of hydrogen-bond acceptors (Lipinski definition) is 7. The summed E-state index contributed by atoms with van der Waals surface area (Å²) < 4.78 is 23.1. The summed E-state index contributed by atoms with van der Waals surface area (Å²) in [7, 11) is 3.23. The summed E-state index contributed by atoms with van der Waals surface area (Å²) in [6.45, 7) is 4.49. The topological polar surface area (TPSA) is 74.3 Å². The van der Waals surface area contributed by atoms with Crippen molar-refractivity contribution in [2.75, 3.05) is 45.4 Å². The number of esters is 2. The third kappa shape index (κ3) is 5.97. The van der Waals surface area contributed by atoms with Crippen molar-refractivity contribution < 1.29 is 28.5 Å². The van der Waals surface area contributed by atoms with Gasteiger partial charge >= 0.3 is 11.9 Å². The summed E-state index contributed by atoms with van der Waals surface area (Å²) in [6, 6.07) is 12.0. The fourth-order valence-corrected chi connectivity index (χ4v) is 8.24. The molecule has 236 valence electrons. The van der Waals surface area contributed by atoms with E-state index in [-0.39, 0.29) is 29.4 Å². The van der Waals surface area contributed by atoms with Gasteiger partial charge in [-0.1, -0.05) is 23.7 Å². The van der Waals surface area contributed by atoms with Crippen molar-refractivity contribution in [2.24, 2.45) is 17.8 Å². The summed E-state index contributed by atoms with van der Waals surface area (Å²) in [5.41, 5.74) is 5.22. The highest BCUT2D eigenvalue weighted by molar-refractivity contribution is 6.30. The largest absolute Gasteiger partial charge is 0.490 e. The number of carbonyl (C=O) groups is 2. The van der Waals surface area contributed by atoms with Crippen molar-refractivity contribution in [1.82, 2.24) is 0 Å². The van der Waals surface area contributed by atoms with Crippen molar-refractivity contribution in [1.29, 1.82) is 0 Å². The summed E-state index contributed by atoms with van der Waals surface area (Å²) in [4.78, 5) is 27.4. The smallest absolute Gasteiger partial charge is 0.337 e. The number of fused-ring (bicyclic) bond motifs is 3. The lowest BCUT2D eigenvalue weighted by Crippen LogP contribution is -2.50. The van der Waals surface area contributed by atoms with Crippen LogP contribution in [0.4, 0.5) is 5.69 Å². The summed E-state index contributed by atoms with van der Waals surface area (Å²) in [5, 5.41) is 0.770. The Kier molecular flexibility index (Phi) is 9.25. The third-order valence-corrected chi connectivity index (χ3v) is 10.7. The van der Waals surface area contributed by atoms with Gasteiger partial charge in [-0.05, 0) is 117 Å². The quantitative estimate of drug-likeness (QED) is 0.234. The molecule has 5 atom stereocenters. The highest BCUT2D eigenvalue weighted by Gasteiger charge is 2.45. The maximum Gasteiger partial charge on any atom is 0.337 e. The molecule has 44 heavy (non-hydrogen) atoms. The monoisotopic (exact) mass is 621 g/mol. The molecular formula is C36H44ClNO6. The lowest BCUT2D eigenvalue weighted by molar-refractivity contribution is -0.148. The SMILES string of the molecule is CCOC(=O)[C@@H]1CC=C([C@H](OC)[C@@H]2CC[C@H]2CN2CC3(CCCc4cc(Cl)ccc43)COc3ccc(C(=O)OC)cc32)CC1. The van der Waals surface area contributed by atoms with Gasteiger partial charge in [-0.3, -0.25) is 4.79 Å². The van der Waals surface area contributed by atoms with E-state index >= 15 is 0 Å². The van der Waals surface area contributed by atoms with Crippen LogP contribution in [0.25, 0.3) is 0 Å². The summed E-state index contributed by atoms with van der Waals surface area (Å²) in [5.74, 6) is 1.10. The van der Waals surface area contributed by atoms with Crippen molar-refractivity contribution in [3.63, 3.8) is 0 Å². The standard InChI is InChI=1S/C36H44ClNO6/c1-4-43-35(40)24-9-7-23(8-10-24)33(41-2)29-14-11-27(29)20-38-21-36(17-5-6-25-18-28(37)13-15-30(25)36)22-44-32-16-12-26(19-31(32)38)34(39)42-3/h7,12-13,15-16,18-19,24,27,29,33H,4-6,8-11,14,17,20-22H2,1-3H3/t24-,27+,29-,33+,36?/m1/s1. The first kappa shape index (κ1) is 31.0. The lowest BCUT2D eigenvalue weighted by Gasteiger charge is -2.47. The van der Waals surface area contributed by atoms with Crippen LogP contribution in [0.1, 0.15) is 73.4 Å². The molecule has 1 spiro atoms. The number of ether oxygens (including phenoxy) is 4. The van der Waals surface area contributed by atoms with Crippen LogP contribution in [0.2, 0.25) is 5.02 Å². The predicted octanol–water partition coefficient (Wildman–Crippen LogP) is 6.93. The number of carbonyl (C=O) groups excluding carboxylic acids is 2. The summed E-state index contributed by atoms with van der Waals surface area (Å²) >= 11 is 6.43. The Balaban J connectivity index is 1.28. The Labute approximate surface area is 265 Å². The van der Waals surface area contributed by atoms with Gasteiger partial charge < -0.3 is 23.8 Å². The van der Waals surface area contributed by atoms with Crippen molar-refractivity contribution >= 4 is 29.2 Å². The summed E-state index contributed by atoms with van der Waals surface area (Å²) in [6.07, 6.45) is 9.98. The zero-order chi connectivity index (χ0) is 30.8. The number of allylic oxidation sites excluding steroid dienone is 1. The molecule has 7 nitrogen and oxygen atoms in total. The molecule has 1 aliphatic heterocycles. The van der Waals surface area contributed by atoms with E-state index in [9.17, 15) is 9.59 Å². The van der Waals surface area contributed by atoms with Crippen molar-refractivity contribution in [3.8, 4) is 5.75 Å². The van der Waals surface area contributed by atoms with Gasteiger partial charge in [0.2, 0.25) is 0 Å². The molecule has 0 aromatic heterocycles. The van der Waals surface area contributed by atoms with Gasteiger partial charge in [0.15, 0.2) is 0 Å². The molecule has 1 heterocycles. The Bertz CT molecular complexity index is 1420. The van der Waals surface area contributed by atoms with Crippen LogP contribution in [-0.2, 0) is 30.8 Å². The maximum absolute atomic E-state index is 12.6. The van der Waals surface area contributed by atoms with Gasteiger partial charge in [0.25, 0.3) is 0 Å². The van der Waals surface area contributed by atoms with E-state index in [1.54, 1.807) is 6.07 Å². The molecule has 8 heteroatoms. The van der Waals surface area contributed by atoms with E-state index in [1.165, 1.54) is 23.8 Å². The van der Waals surface area contributed by atoms with Crippen LogP contribution in [0.15, 0.2) is 48.0 Å². The zero-order valence-electron chi connectivity index (χ0n) is 26.1. The van der Waals surface area contributed by atoms with Gasteiger partial charge in [0, 0.05) is 30.6 Å². The molecule has 0 N–H and O–H groups in total. The second kappa shape index (κ2) is 13.1. The molecule has 1 saturated carbocycles. The van der Waals surface area contributed by atoms with Crippen LogP contribution in [0, 0.1) is 17.8 Å². The van der Waals surface area contributed by atoms with Gasteiger partial charge in [0.05, 0.1) is 43.6 Å². The molecule has 6 rings (SSSR count). The minimum absolute atomic E-state index is 0.0347. The second-order valence-electron chi connectivity index (χ2n) is 12.9. The van der Waals surface area contributed by atoms with Crippen molar-refractivity contribution in [3.05, 3.63) is 69.8 Å². The van der Waals surface area contributed by atoms with Crippen LogP contribution in [0.3, 0.4) is 0 Å². The normalized spacial score (nSPS) is 26.7. The van der Waals surface area contributed by atoms with E-state index < -0.39 is 0 Å². The average molecular weight is 622 g/mol. The molecule has 1 unspecified atom stereocenters. The highest BCUT2D eigenvalue weighted by Crippen LogP contribution is 2.48. The number of methoxy groups -OCH3 is 2. The first-order chi connectivity index (χ1) is 21.4. The number of nitrogens with zero attached hydrogens (tertiary/aromatic N) is 1. The van der Waals surface area contributed by atoms with Gasteiger partial charge in [-0.2, -0.15) is 0 Å². The Morgan fingerprint density at radius 3 is 2.68 bits per heavy atom. The Hall–Kier alpha value is -3.03. The molecule has 1 fully saturated rings. The average Bonchev–Trinajstić information content (AvgIpc) is 3.18. The molecule has 2 aromatic carbocycles. The fourth-order valence-electron chi connectivity index (χ4n) is 8.05. The molecule has 0 saturated heterocycles. The van der Waals surface area contributed by atoms with Crippen LogP contribution >= 0.6 is 11.6 Å². The first-order valence-electron chi connectivity index (χ1n) is 16.1. The zero-order valence-corrected chi connectivity index (χ0v) is 26.9. The Morgan fingerprint density at radius 1 is 1.11 bits per heavy atom. The number of aryl methyl sites for hydroxylation is 1. The molecular weight excluding hydrogens is 578 g/mol. The van der Waals surface area contributed by atoms with Crippen LogP contribution < -0.4 is 9.64 Å². The molecule has 3 aliphatic carbocycles. The second-order valence-corrected chi connectivity index (χ2v) is 13.4. The van der Waals surface area contributed by atoms with Crippen LogP contribution in [-0.4, -0.2) is 58.6 Å². The van der Waals surface area contributed by atoms with Crippen LogP contribution in [0.5, 0.6) is 5.75 Å². The van der Waals surface area contributed by atoms with E-state index in [0.29, 0.717) is 37.0 Å². The maximum atomic E-state index is 12.6. The van der Waals surface area contributed by atoms with E-state index in [0.717, 1.165) is 74.5 Å².